The zero-order chi connectivity index (χ0) is 24.0. The predicted molar refractivity (Wildman–Crippen MR) is 129 cm³/mol. The summed E-state index contributed by atoms with van der Waals surface area (Å²) >= 11 is 0. The van der Waals surface area contributed by atoms with Crippen molar-refractivity contribution in [1.29, 1.82) is 0 Å². The minimum Gasteiger partial charge on any atom is -0.480 e. The third-order valence-electron chi connectivity index (χ3n) is 6.38. The number of carboxylic acid groups (broad SMARTS) is 1. The molecule has 4 rings (SSSR count). The number of carboxylic acids is 1. The Morgan fingerprint density at radius 2 is 1.62 bits per heavy atom. The predicted octanol–water partition coefficient (Wildman–Crippen LogP) is 3.68. The molecule has 2 aliphatic rings. The number of hydrogen-bond donors (Lipinski definition) is 2. The molecule has 2 aromatic rings. The summed E-state index contributed by atoms with van der Waals surface area (Å²) in [4.78, 5) is 25.4. The van der Waals surface area contributed by atoms with Crippen molar-refractivity contribution in [1.82, 2.24) is 15.1 Å². The molecule has 2 heterocycles. The van der Waals surface area contributed by atoms with E-state index in [1.54, 1.807) is 0 Å². The topological polar surface area (TPSA) is 99.2 Å². The van der Waals surface area contributed by atoms with Crippen LogP contribution in [0.4, 0.5) is 0 Å². The van der Waals surface area contributed by atoms with Gasteiger partial charge in [-0.3, -0.25) is 14.4 Å². The molecular weight excluding hydrogens is 453 g/mol. The molecule has 9 heteroatoms. The number of nitrogens with one attached hydrogen (secondary N) is 1. The quantitative estimate of drug-likeness (QED) is 0.523. The number of benzene rings is 2. The summed E-state index contributed by atoms with van der Waals surface area (Å²) in [5, 5.41) is 16.0. The van der Waals surface area contributed by atoms with E-state index in [0.29, 0.717) is 38.8 Å². The van der Waals surface area contributed by atoms with E-state index in [0.717, 1.165) is 17.5 Å². The fourth-order valence-electron chi connectivity index (χ4n) is 4.59. The Labute approximate surface area is 200 Å². The summed E-state index contributed by atoms with van der Waals surface area (Å²) in [5.41, 5.74) is 1.93. The van der Waals surface area contributed by atoms with E-state index in [9.17, 15) is 19.3 Å². The summed E-state index contributed by atoms with van der Waals surface area (Å²) in [5.74, 6) is -1.35. The van der Waals surface area contributed by atoms with Crippen LogP contribution in [0.25, 0.3) is 0 Å². The maximum Gasteiger partial charge on any atom is 0.328 e. The Hall–Kier alpha value is -2.51. The maximum absolute atomic E-state index is 14.0. The van der Waals surface area contributed by atoms with Crippen molar-refractivity contribution >= 4 is 19.4 Å². The van der Waals surface area contributed by atoms with E-state index in [-0.39, 0.29) is 18.7 Å². The van der Waals surface area contributed by atoms with Gasteiger partial charge in [0.2, 0.25) is 0 Å². The number of aryl methyl sites for hydroxylation is 1. The monoisotopic (exact) mass is 485 g/mol. The average Bonchev–Trinajstić information content (AvgIpc) is 3.01. The highest BCUT2D eigenvalue weighted by atomic mass is 31.2. The minimum atomic E-state index is -3.43. The molecule has 3 atom stereocenters. The fraction of sp³-hybridized carbons (Fsp3) is 0.440. The molecule has 1 unspecified atom stereocenters. The number of nitrogens with zero attached hydrogens (tertiary/aromatic N) is 2. The van der Waals surface area contributed by atoms with Crippen LogP contribution >= 0.6 is 7.52 Å². The number of rotatable bonds is 9. The molecule has 8 nitrogen and oxygen atoms in total. The summed E-state index contributed by atoms with van der Waals surface area (Å²) in [6, 6.07) is 17.6. The SMILES string of the molecule is O=C(O)[C@@H]1CCCN2CCC[C@H](NP(=O)(CCc3ccccc3)OCc3ccccc3)C(=O)N12. The minimum absolute atomic E-state index is 0.161. The Morgan fingerprint density at radius 3 is 2.26 bits per heavy atom. The third kappa shape index (κ3) is 6.13. The highest BCUT2D eigenvalue weighted by molar-refractivity contribution is 7.56. The molecule has 0 spiro atoms. The van der Waals surface area contributed by atoms with Crippen molar-refractivity contribution in [2.24, 2.45) is 0 Å². The molecule has 2 aliphatic heterocycles. The molecule has 2 aromatic carbocycles. The van der Waals surface area contributed by atoms with E-state index in [4.69, 9.17) is 4.52 Å². The van der Waals surface area contributed by atoms with Crippen LogP contribution in [-0.4, -0.2) is 58.3 Å². The number of fused-ring (bicyclic) bond motifs is 1. The van der Waals surface area contributed by atoms with Gasteiger partial charge in [0.15, 0.2) is 0 Å². The van der Waals surface area contributed by atoms with Gasteiger partial charge >= 0.3 is 5.97 Å². The molecule has 0 radical (unpaired) electrons. The van der Waals surface area contributed by atoms with E-state index in [1.807, 2.05) is 65.7 Å². The van der Waals surface area contributed by atoms with E-state index < -0.39 is 25.6 Å². The van der Waals surface area contributed by atoms with E-state index >= 15 is 0 Å². The Balaban J connectivity index is 1.53. The summed E-state index contributed by atoms with van der Waals surface area (Å²) in [6.45, 7) is 1.42. The van der Waals surface area contributed by atoms with Crippen molar-refractivity contribution in [2.75, 3.05) is 19.3 Å². The van der Waals surface area contributed by atoms with Crippen LogP contribution in [0.3, 0.4) is 0 Å². The lowest BCUT2D eigenvalue weighted by atomic mass is 10.1. The van der Waals surface area contributed by atoms with Gasteiger partial charge in [0.1, 0.15) is 6.04 Å². The lowest BCUT2D eigenvalue weighted by Gasteiger charge is -2.42. The zero-order valence-electron chi connectivity index (χ0n) is 19.2. The normalized spacial score (nSPS) is 23.1. The van der Waals surface area contributed by atoms with Crippen LogP contribution in [0.15, 0.2) is 60.7 Å². The van der Waals surface area contributed by atoms with Gasteiger partial charge in [-0.25, -0.2) is 14.9 Å². The second-order valence-corrected chi connectivity index (χ2v) is 11.2. The van der Waals surface area contributed by atoms with Gasteiger partial charge in [-0.2, -0.15) is 0 Å². The molecule has 1 amide bonds. The van der Waals surface area contributed by atoms with Crippen molar-refractivity contribution in [3.63, 3.8) is 0 Å². The number of carbonyl (C=O) groups excluding carboxylic acids is 1. The highest BCUT2D eigenvalue weighted by Crippen LogP contribution is 2.45. The number of hydrogen-bond acceptors (Lipinski definition) is 5. The van der Waals surface area contributed by atoms with Crippen molar-refractivity contribution in [3.8, 4) is 0 Å². The van der Waals surface area contributed by atoms with E-state index in [2.05, 4.69) is 5.09 Å². The molecule has 0 bridgehead atoms. The van der Waals surface area contributed by atoms with E-state index in [1.165, 1.54) is 5.01 Å². The second kappa shape index (κ2) is 11.3. The molecule has 2 fully saturated rings. The van der Waals surface area contributed by atoms with Gasteiger partial charge in [0.25, 0.3) is 13.4 Å². The van der Waals surface area contributed by atoms with Crippen LogP contribution in [0.2, 0.25) is 0 Å². The lowest BCUT2D eigenvalue weighted by molar-refractivity contribution is -0.174. The van der Waals surface area contributed by atoms with Gasteiger partial charge < -0.3 is 9.63 Å². The summed E-state index contributed by atoms with van der Waals surface area (Å²) < 4.78 is 20.0. The largest absolute Gasteiger partial charge is 0.480 e. The average molecular weight is 486 g/mol. The number of hydrazine groups is 1. The molecule has 2 N–H and O–H groups in total. The first-order valence-electron chi connectivity index (χ1n) is 11.9. The zero-order valence-corrected chi connectivity index (χ0v) is 20.1. The summed E-state index contributed by atoms with van der Waals surface area (Å²) in [7, 11) is -3.43. The van der Waals surface area contributed by atoms with Crippen molar-refractivity contribution in [2.45, 2.75) is 50.8 Å². The van der Waals surface area contributed by atoms with Crippen LogP contribution in [0.5, 0.6) is 0 Å². The fourth-order valence-corrected chi connectivity index (χ4v) is 6.55. The Kier molecular flexibility index (Phi) is 8.16. The Bertz CT molecular complexity index is 972. The van der Waals surface area contributed by atoms with Gasteiger partial charge in [-0.05, 0) is 43.2 Å². The van der Waals surface area contributed by atoms with Crippen molar-refractivity contribution < 1.29 is 23.8 Å². The molecule has 34 heavy (non-hydrogen) atoms. The number of aliphatic carboxylic acids is 1. The molecule has 0 saturated carbocycles. The number of amides is 1. The molecular formula is C25H32N3O5P. The van der Waals surface area contributed by atoms with Crippen LogP contribution in [-0.2, 0) is 31.7 Å². The first-order valence-corrected chi connectivity index (χ1v) is 13.7. The Morgan fingerprint density at radius 1 is 1.00 bits per heavy atom. The standard InChI is InChI=1S/C25H32N3O5P/c29-24-22(13-7-16-27-17-8-14-23(25(30)31)28(24)27)26-34(32,18-15-20-9-3-1-4-10-20)33-19-21-11-5-2-6-12-21/h1-6,9-12,22-23H,7-8,13-19H2,(H,26,32)(H,30,31)/t22-,23-,34?/m0/s1. The van der Waals surface area contributed by atoms with Crippen LogP contribution in [0.1, 0.15) is 36.8 Å². The highest BCUT2D eigenvalue weighted by Gasteiger charge is 2.43. The number of carbonyl (C=O) groups is 2. The first kappa shape index (κ1) is 24.6. The molecule has 0 aromatic heterocycles. The lowest BCUT2D eigenvalue weighted by Crippen LogP contribution is -2.60. The van der Waals surface area contributed by atoms with Gasteiger partial charge in [0, 0.05) is 19.3 Å². The molecule has 2 saturated heterocycles. The van der Waals surface area contributed by atoms with Crippen molar-refractivity contribution in [3.05, 3.63) is 71.8 Å². The third-order valence-corrected chi connectivity index (χ3v) is 8.45. The van der Waals surface area contributed by atoms with Crippen LogP contribution in [0, 0.1) is 0 Å². The summed E-state index contributed by atoms with van der Waals surface area (Å²) in [6.07, 6.45) is 3.09. The van der Waals surface area contributed by atoms with Gasteiger partial charge in [-0.15, -0.1) is 0 Å². The van der Waals surface area contributed by atoms with Crippen LogP contribution < -0.4 is 5.09 Å². The molecule has 182 valence electrons. The maximum atomic E-state index is 14.0. The second-order valence-electron chi connectivity index (χ2n) is 8.85. The van der Waals surface area contributed by atoms with Gasteiger partial charge in [0.05, 0.1) is 12.6 Å². The van der Waals surface area contributed by atoms with Gasteiger partial charge in [-0.1, -0.05) is 60.7 Å². The smallest absolute Gasteiger partial charge is 0.328 e. The first-order chi connectivity index (χ1) is 16.5. The molecule has 0 aliphatic carbocycles.